The highest BCUT2D eigenvalue weighted by atomic mass is 16.2. The minimum absolute atomic E-state index is 0.321. The molecular weight excluding hydrogens is 250 g/mol. The molecule has 0 unspecified atom stereocenters. The minimum atomic E-state index is -1.34. The zero-order valence-electron chi connectivity index (χ0n) is 11.6. The van der Waals surface area contributed by atoms with E-state index in [4.69, 9.17) is 0 Å². The molecular formula is C12H19N3O4. The Balaban J connectivity index is 2.88. The van der Waals surface area contributed by atoms with Crippen molar-refractivity contribution in [3.63, 3.8) is 0 Å². The van der Waals surface area contributed by atoms with Gasteiger partial charge in [0.05, 0.1) is 0 Å². The van der Waals surface area contributed by atoms with Crippen molar-refractivity contribution < 1.29 is 19.2 Å². The number of hydrogen-bond acceptors (Lipinski definition) is 4. The van der Waals surface area contributed by atoms with Crippen LogP contribution in [0.4, 0.5) is 4.79 Å². The van der Waals surface area contributed by atoms with Crippen molar-refractivity contribution in [2.45, 2.75) is 27.7 Å². The topological polar surface area (TPSA) is 86.8 Å². The number of nitrogens with one attached hydrogen (secondary N) is 1. The molecule has 106 valence electrons. The molecule has 0 aromatic rings. The molecule has 0 aromatic carbocycles. The van der Waals surface area contributed by atoms with Crippen LogP contribution in [0.1, 0.15) is 27.7 Å². The van der Waals surface area contributed by atoms with Crippen LogP contribution in [-0.4, -0.2) is 53.2 Å². The van der Waals surface area contributed by atoms with Crippen LogP contribution in [0.15, 0.2) is 0 Å². The molecule has 0 aliphatic carbocycles. The van der Waals surface area contributed by atoms with Gasteiger partial charge in [-0.3, -0.25) is 24.6 Å². The van der Waals surface area contributed by atoms with E-state index in [-0.39, 0.29) is 12.5 Å². The van der Waals surface area contributed by atoms with Gasteiger partial charge in [0.1, 0.15) is 12.0 Å². The maximum absolute atomic E-state index is 12.1. The fourth-order valence-corrected chi connectivity index (χ4v) is 1.80. The molecule has 0 aromatic heterocycles. The highest BCUT2D eigenvalue weighted by molar-refractivity contribution is 6.19. The number of hydrogen-bond donors (Lipinski definition) is 1. The third-order valence-corrected chi connectivity index (χ3v) is 3.22. The minimum Gasteiger partial charge on any atom is -0.342 e. The van der Waals surface area contributed by atoms with Crippen LogP contribution in [0.5, 0.6) is 0 Å². The molecule has 7 nitrogen and oxygen atoms in total. The smallest absolute Gasteiger partial charge is 0.331 e. The number of carbonyl (C=O) groups is 4. The molecule has 1 heterocycles. The average molecular weight is 269 g/mol. The Bertz CT molecular complexity index is 427. The lowest BCUT2D eigenvalue weighted by molar-refractivity contribution is -0.151. The van der Waals surface area contributed by atoms with E-state index in [9.17, 15) is 19.2 Å². The number of rotatable bonds is 4. The van der Waals surface area contributed by atoms with Crippen molar-refractivity contribution in [2.75, 3.05) is 19.6 Å². The molecule has 1 N–H and O–H groups in total. The molecule has 5 amide bonds. The van der Waals surface area contributed by atoms with Crippen molar-refractivity contribution >= 4 is 23.8 Å². The van der Waals surface area contributed by atoms with Crippen molar-refractivity contribution in [1.82, 2.24) is 15.1 Å². The zero-order valence-corrected chi connectivity index (χ0v) is 11.6. The summed E-state index contributed by atoms with van der Waals surface area (Å²) in [6.07, 6.45) is 0. The molecule has 0 radical (unpaired) electrons. The number of carbonyl (C=O) groups excluding carboxylic acids is 4. The Labute approximate surface area is 111 Å². The molecule has 1 aliphatic rings. The first-order chi connectivity index (χ1) is 8.75. The van der Waals surface area contributed by atoms with E-state index in [2.05, 4.69) is 5.32 Å². The third-order valence-electron chi connectivity index (χ3n) is 3.22. The van der Waals surface area contributed by atoms with Crippen molar-refractivity contribution in [1.29, 1.82) is 0 Å². The fourth-order valence-electron chi connectivity index (χ4n) is 1.80. The maximum Gasteiger partial charge on any atom is 0.331 e. The Morgan fingerprint density at radius 2 is 1.74 bits per heavy atom. The van der Waals surface area contributed by atoms with Crippen LogP contribution < -0.4 is 5.32 Å². The predicted octanol–water partition coefficient (Wildman–Crippen LogP) is -0.0406. The van der Waals surface area contributed by atoms with Gasteiger partial charge in [-0.1, -0.05) is 0 Å². The number of imide groups is 2. The maximum atomic E-state index is 12.1. The summed E-state index contributed by atoms with van der Waals surface area (Å²) in [5.41, 5.74) is -1.34. The summed E-state index contributed by atoms with van der Waals surface area (Å²) in [5, 5.41) is 2.09. The molecule has 1 saturated heterocycles. The number of urea groups is 1. The third kappa shape index (κ3) is 2.74. The Kier molecular flexibility index (Phi) is 4.28. The Hall–Kier alpha value is -1.92. The van der Waals surface area contributed by atoms with E-state index in [0.717, 1.165) is 4.90 Å². The zero-order chi connectivity index (χ0) is 14.8. The monoisotopic (exact) mass is 269 g/mol. The van der Waals surface area contributed by atoms with Gasteiger partial charge in [0.15, 0.2) is 0 Å². The number of likely N-dealkylation sites (N-methyl/N-ethyl adjacent to an activating group) is 1. The summed E-state index contributed by atoms with van der Waals surface area (Å²) < 4.78 is 0. The number of amides is 5. The highest BCUT2D eigenvalue weighted by Gasteiger charge is 2.47. The average Bonchev–Trinajstić information content (AvgIpc) is 2.34. The summed E-state index contributed by atoms with van der Waals surface area (Å²) >= 11 is 0. The number of barbiturate groups is 1. The second-order valence-electron chi connectivity index (χ2n) is 4.84. The fraction of sp³-hybridized carbons (Fsp3) is 0.667. The normalized spacial score (nSPS) is 18.3. The summed E-state index contributed by atoms with van der Waals surface area (Å²) in [6, 6.07) is -0.838. The van der Waals surface area contributed by atoms with Crippen LogP contribution in [-0.2, 0) is 14.4 Å². The standard InChI is InChI=1S/C12H19N3O4/c1-5-14(6-2)8(16)7-15-10(18)12(3,4)9(17)13-11(15)19/h5-7H2,1-4H3,(H,13,17,19). The van der Waals surface area contributed by atoms with E-state index in [1.54, 1.807) is 0 Å². The van der Waals surface area contributed by atoms with Gasteiger partial charge >= 0.3 is 6.03 Å². The molecule has 1 rings (SSSR count). The van der Waals surface area contributed by atoms with Crippen LogP contribution in [0.25, 0.3) is 0 Å². The van der Waals surface area contributed by atoms with Gasteiger partial charge in [0, 0.05) is 13.1 Å². The molecule has 19 heavy (non-hydrogen) atoms. The second kappa shape index (κ2) is 5.38. The van der Waals surface area contributed by atoms with E-state index < -0.39 is 23.3 Å². The van der Waals surface area contributed by atoms with Gasteiger partial charge in [-0.05, 0) is 27.7 Å². The first-order valence-corrected chi connectivity index (χ1v) is 6.20. The van der Waals surface area contributed by atoms with Crippen molar-refractivity contribution in [3.8, 4) is 0 Å². The largest absolute Gasteiger partial charge is 0.342 e. The highest BCUT2D eigenvalue weighted by Crippen LogP contribution is 2.23. The first-order valence-electron chi connectivity index (χ1n) is 6.20. The summed E-state index contributed by atoms with van der Waals surface area (Å²) in [7, 11) is 0. The molecule has 0 bridgehead atoms. The summed E-state index contributed by atoms with van der Waals surface area (Å²) in [6.45, 7) is 7.13. The van der Waals surface area contributed by atoms with Gasteiger partial charge in [0.2, 0.25) is 17.7 Å². The SMILES string of the molecule is CCN(CC)C(=O)CN1C(=O)NC(=O)C(C)(C)C1=O. The lowest BCUT2D eigenvalue weighted by Crippen LogP contribution is -2.63. The summed E-state index contributed by atoms with van der Waals surface area (Å²) in [4.78, 5) is 49.5. The molecule has 0 atom stereocenters. The lowest BCUT2D eigenvalue weighted by atomic mass is 9.89. The van der Waals surface area contributed by atoms with E-state index in [1.165, 1.54) is 18.7 Å². The molecule has 0 spiro atoms. The first kappa shape index (κ1) is 15.1. The number of nitrogens with zero attached hydrogens (tertiary/aromatic N) is 2. The van der Waals surface area contributed by atoms with Crippen LogP contribution in [0, 0.1) is 5.41 Å². The van der Waals surface area contributed by atoms with E-state index in [0.29, 0.717) is 13.1 Å². The molecule has 0 saturated carbocycles. The lowest BCUT2D eigenvalue weighted by Gasteiger charge is -2.35. The quantitative estimate of drug-likeness (QED) is 0.725. The van der Waals surface area contributed by atoms with Gasteiger partial charge in [-0.15, -0.1) is 0 Å². The van der Waals surface area contributed by atoms with Crippen LogP contribution >= 0.6 is 0 Å². The van der Waals surface area contributed by atoms with Gasteiger partial charge in [-0.2, -0.15) is 0 Å². The molecule has 1 aliphatic heterocycles. The van der Waals surface area contributed by atoms with Gasteiger partial charge in [-0.25, -0.2) is 4.79 Å². The van der Waals surface area contributed by atoms with Gasteiger partial charge in [0.25, 0.3) is 0 Å². The second-order valence-corrected chi connectivity index (χ2v) is 4.84. The van der Waals surface area contributed by atoms with Crippen LogP contribution in [0.3, 0.4) is 0 Å². The Morgan fingerprint density at radius 3 is 2.21 bits per heavy atom. The van der Waals surface area contributed by atoms with Gasteiger partial charge < -0.3 is 4.90 Å². The van der Waals surface area contributed by atoms with Crippen molar-refractivity contribution in [2.24, 2.45) is 5.41 Å². The van der Waals surface area contributed by atoms with Crippen molar-refractivity contribution in [3.05, 3.63) is 0 Å². The van der Waals surface area contributed by atoms with Crippen LogP contribution in [0.2, 0.25) is 0 Å². The summed E-state index contributed by atoms with van der Waals surface area (Å²) in [5.74, 6) is -1.62. The Morgan fingerprint density at radius 1 is 1.21 bits per heavy atom. The molecule has 1 fully saturated rings. The molecule has 7 heteroatoms. The van der Waals surface area contributed by atoms with E-state index >= 15 is 0 Å². The van der Waals surface area contributed by atoms with E-state index in [1.807, 2.05) is 13.8 Å². The predicted molar refractivity (Wildman–Crippen MR) is 67.0 cm³/mol.